The van der Waals surface area contributed by atoms with Gasteiger partial charge in [0.05, 0.1) is 12.0 Å². The van der Waals surface area contributed by atoms with Gasteiger partial charge in [0.25, 0.3) is 11.6 Å². The van der Waals surface area contributed by atoms with Crippen LogP contribution < -0.4 is 14.8 Å². The number of carbonyl (C=O) groups is 2. The fourth-order valence-corrected chi connectivity index (χ4v) is 2.92. The fourth-order valence-electron chi connectivity index (χ4n) is 2.92. The second-order valence-corrected chi connectivity index (χ2v) is 6.61. The van der Waals surface area contributed by atoms with Crippen molar-refractivity contribution >= 4 is 23.1 Å². The lowest BCUT2D eigenvalue weighted by Gasteiger charge is -2.15. The lowest BCUT2D eigenvalue weighted by atomic mass is 10.1. The third kappa shape index (κ3) is 5.24. The van der Waals surface area contributed by atoms with E-state index in [2.05, 4.69) is 5.32 Å². The molecular formula is C23H20N2O6. The highest BCUT2D eigenvalue weighted by Gasteiger charge is 2.20. The van der Waals surface area contributed by atoms with Crippen LogP contribution in [0.1, 0.15) is 27.6 Å². The molecule has 0 aromatic heterocycles. The van der Waals surface area contributed by atoms with E-state index in [0.29, 0.717) is 22.7 Å². The number of Topliss-reactive ketones (excluding diaryl/α,β-unsaturated/α-hetero) is 1. The predicted octanol–water partition coefficient (Wildman–Crippen LogP) is 4.51. The van der Waals surface area contributed by atoms with Crippen molar-refractivity contribution in [1.29, 1.82) is 0 Å². The van der Waals surface area contributed by atoms with Crippen LogP contribution in [0.5, 0.6) is 11.5 Å². The van der Waals surface area contributed by atoms with Gasteiger partial charge in [0.15, 0.2) is 6.10 Å². The van der Waals surface area contributed by atoms with Gasteiger partial charge in [-0.2, -0.15) is 0 Å². The summed E-state index contributed by atoms with van der Waals surface area (Å²) in [6, 6.07) is 18.8. The highest BCUT2D eigenvalue weighted by Crippen LogP contribution is 2.23. The van der Waals surface area contributed by atoms with Gasteiger partial charge in [-0.15, -0.1) is 0 Å². The Balaban J connectivity index is 1.70. The Hall–Kier alpha value is -4.20. The molecule has 0 aliphatic rings. The summed E-state index contributed by atoms with van der Waals surface area (Å²) < 4.78 is 10.8. The summed E-state index contributed by atoms with van der Waals surface area (Å²) in [5, 5.41) is 13.8. The number of carbonyl (C=O) groups excluding carboxylic acids is 2. The molecule has 0 bridgehead atoms. The minimum Gasteiger partial charge on any atom is -0.497 e. The van der Waals surface area contributed by atoms with E-state index in [1.165, 1.54) is 18.2 Å². The van der Waals surface area contributed by atoms with Crippen LogP contribution in [0.25, 0.3) is 0 Å². The van der Waals surface area contributed by atoms with E-state index in [4.69, 9.17) is 9.47 Å². The molecule has 0 radical (unpaired) electrons. The third-order valence-corrected chi connectivity index (χ3v) is 4.49. The zero-order valence-corrected chi connectivity index (χ0v) is 16.9. The Morgan fingerprint density at radius 3 is 2.35 bits per heavy atom. The lowest BCUT2D eigenvalue weighted by molar-refractivity contribution is -0.385. The normalized spacial score (nSPS) is 11.3. The quantitative estimate of drug-likeness (QED) is 0.326. The van der Waals surface area contributed by atoms with Crippen LogP contribution in [0.4, 0.5) is 11.4 Å². The number of benzene rings is 3. The monoisotopic (exact) mass is 420 g/mol. The summed E-state index contributed by atoms with van der Waals surface area (Å²) in [5.41, 5.74) is 0.520. The van der Waals surface area contributed by atoms with Crippen LogP contribution in [0, 0.1) is 10.1 Å². The second-order valence-electron chi connectivity index (χ2n) is 6.61. The minimum absolute atomic E-state index is 0.0538. The number of methoxy groups -OCH3 is 1. The molecule has 3 rings (SSSR count). The van der Waals surface area contributed by atoms with E-state index >= 15 is 0 Å². The number of ketones is 1. The highest BCUT2D eigenvalue weighted by atomic mass is 16.6. The second kappa shape index (κ2) is 9.53. The van der Waals surface area contributed by atoms with Crippen LogP contribution in [0.2, 0.25) is 0 Å². The molecular weight excluding hydrogens is 400 g/mol. The third-order valence-electron chi connectivity index (χ3n) is 4.49. The number of para-hydroxylation sites is 1. The maximum atomic E-state index is 12.6. The van der Waals surface area contributed by atoms with Gasteiger partial charge in [0.2, 0.25) is 5.78 Å². The van der Waals surface area contributed by atoms with E-state index in [-0.39, 0.29) is 17.0 Å². The van der Waals surface area contributed by atoms with Gasteiger partial charge >= 0.3 is 0 Å². The van der Waals surface area contributed by atoms with Crippen LogP contribution in [0.3, 0.4) is 0 Å². The molecule has 8 heteroatoms. The molecule has 1 amide bonds. The number of anilines is 1. The van der Waals surface area contributed by atoms with Gasteiger partial charge in [-0.3, -0.25) is 19.7 Å². The molecule has 0 aliphatic carbocycles. The molecule has 1 atom stereocenters. The number of rotatable bonds is 8. The molecule has 31 heavy (non-hydrogen) atoms. The average molecular weight is 420 g/mol. The molecule has 158 valence electrons. The molecule has 0 fully saturated rings. The molecule has 0 heterocycles. The first-order valence-corrected chi connectivity index (χ1v) is 9.39. The molecule has 0 saturated heterocycles. The SMILES string of the molecule is COc1ccc(C(=O)[C@H](C)Oc2cccc(NC(=O)c3ccccc3[N+](=O)[O-])c2)cc1. The van der Waals surface area contributed by atoms with Crippen molar-refractivity contribution in [2.45, 2.75) is 13.0 Å². The van der Waals surface area contributed by atoms with Crippen molar-refractivity contribution in [3.8, 4) is 11.5 Å². The number of nitrogens with zero attached hydrogens (tertiary/aromatic N) is 1. The largest absolute Gasteiger partial charge is 0.497 e. The first kappa shape index (κ1) is 21.5. The van der Waals surface area contributed by atoms with Gasteiger partial charge in [-0.1, -0.05) is 18.2 Å². The first-order valence-electron chi connectivity index (χ1n) is 9.39. The number of amides is 1. The fraction of sp³-hybridized carbons (Fsp3) is 0.130. The van der Waals surface area contributed by atoms with Crippen molar-refractivity contribution in [2.75, 3.05) is 12.4 Å². The van der Waals surface area contributed by atoms with Crippen LogP contribution in [-0.2, 0) is 0 Å². The maximum absolute atomic E-state index is 12.6. The summed E-state index contributed by atoms with van der Waals surface area (Å²) in [6.45, 7) is 1.63. The molecule has 1 N–H and O–H groups in total. The molecule has 0 aliphatic heterocycles. The van der Waals surface area contributed by atoms with Gasteiger partial charge in [0.1, 0.15) is 17.1 Å². The van der Waals surface area contributed by atoms with Gasteiger partial charge in [0, 0.05) is 23.4 Å². The van der Waals surface area contributed by atoms with E-state index in [9.17, 15) is 19.7 Å². The average Bonchev–Trinajstić information content (AvgIpc) is 2.78. The minimum atomic E-state index is -0.769. The number of hydrogen-bond acceptors (Lipinski definition) is 6. The molecule has 3 aromatic carbocycles. The predicted molar refractivity (Wildman–Crippen MR) is 115 cm³/mol. The molecule has 0 unspecified atom stereocenters. The smallest absolute Gasteiger partial charge is 0.282 e. The van der Waals surface area contributed by atoms with E-state index in [0.717, 1.165) is 0 Å². The number of ether oxygens (including phenoxy) is 2. The molecule has 0 saturated carbocycles. The number of nitro benzene ring substituents is 1. The molecule has 3 aromatic rings. The summed E-state index contributed by atoms with van der Waals surface area (Å²) >= 11 is 0. The van der Waals surface area contributed by atoms with E-state index < -0.39 is 16.9 Å². The molecule has 8 nitrogen and oxygen atoms in total. The van der Waals surface area contributed by atoms with Gasteiger partial charge < -0.3 is 14.8 Å². The molecule has 0 spiro atoms. The lowest BCUT2D eigenvalue weighted by Crippen LogP contribution is -2.24. The number of nitro groups is 1. The highest BCUT2D eigenvalue weighted by molar-refractivity contribution is 6.07. The Morgan fingerprint density at radius 1 is 0.968 bits per heavy atom. The number of nitrogens with one attached hydrogen (secondary N) is 1. The Bertz CT molecular complexity index is 1110. The van der Waals surface area contributed by atoms with Crippen molar-refractivity contribution in [2.24, 2.45) is 0 Å². The van der Waals surface area contributed by atoms with Crippen molar-refractivity contribution in [1.82, 2.24) is 0 Å². The summed E-state index contributed by atoms with van der Waals surface area (Å²) in [5.74, 6) is 0.186. The van der Waals surface area contributed by atoms with Crippen LogP contribution >= 0.6 is 0 Å². The Labute approximate surface area is 178 Å². The summed E-state index contributed by atoms with van der Waals surface area (Å²) in [6.07, 6.45) is -0.769. The van der Waals surface area contributed by atoms with Gasteiger partial charge in [-0.05, 0) is 49.4 Å². The maximum Gasteiger partial charge on any atom is 0.282 e. The van der Waals surface area contributed by atoms with Crippen LogP contribution in [-0.4, -0.2) is 29.8 Å². The van der Waals surface area contributed by atoms with Crippen molar-refractivity contribution in [3.05, 3.63) is 94.0 Å². The standard InChI is InChI=1S/C23H20N2O6/c1-15(22(26)16-10-12-18(30-2)13-11-16)31-19-7-5-6-17(14-19)24-23(27)20-8-3-4-9-21(20)25(28)29/h3-15H,1-2H3,(H,24,27)/t15-/m0/s1. The van der Waals surface area contributed by atoms with E-state index in [1.54, 1.807) is 68.6 Å². The van der Waals surface area contributed by atoms with Crippen molar-refractivity contribution < 1.29 is 24.0 Å². The summed E-state index contributed by atoms with van der Waals surface area (Å²) in [7, 11) is 1.55. The topological polar surface area (TPSA) is 108 Å². The van der Waals surface area contributed by atoms with Crippen molar-refractivity contribution in [3.63, 3.8) is 0 Å². The zero-order chi connectivity index (χ0) is 22.4. The van der Waals surface area contributed by atoms with Crippen LogP contribution in [0.15, 0.2) is 72.8 Å². The Morgan fingerprint density at radius 2 is 1.68 bits per heavy atom. The van der Waals surface area contributed by atoms with E-state index in [1.807, 2.05) is 0 Å². The Kier molecular flexibility index (Phi) is 6.61. The zero-order valence-electron chi connectivity index (χ0n) is 16.9. The summed E-state index contributed by atoms with van der Waals surface area (Å²) in [4.78, 5) is 35.6. The number of hydrogen-bond donors (Lipinski definition) is 1. The first-order chi connectivity index (χ1) is 14.9. The van der Waals surface area contributed by atoms with Gasteiger partial charge in [-0.25, -0.2) is 0 Å².